The van der Waals surface area contributed by atoms with Crippen LogP contribution in [0.1, 0.15) is 11.1 Å². The molecular formula is C17H16N2O2. The van der Waals surface area contributed by atoms with E-state index in [4.69, 9.17) is 0 Å². The standard InChI is InChI=1S/C17H16N2O2/c1-13-7-9-15(10-8-13)19-16(20)12-18(17(19)21)11-14-5-3-2-4-6-14/h2-10H,11-12H2,1H3. The quantitative estimate of drug-likeness (QED) is 0.811. The number of nitrogens with zero attached hydrogens (tertiary/aromatic N) is 2. The van der Waals surface area contributed by atoms with Gasteiger partial charge in [-0.05, 0) is 24.6 Å². The number of hydrogen-bond donors (Lipinski definition) is 0. The van der Waals surface area contributed by atoms with Crippen LogP contribution >= 0.6 is 0 Å². The van der Waals surface area contributed by atoms with Crippen molar-refractivity contribution in [3.05, 3.63) is 65.7 Å². The minimum atomic E-state index is -0.257. The van der Waals surface area contributed by atoms with Crippen LogP contribution in [0.25, 0.3) is 0 Å². The number of rotatable bonds is 3. The van der Waals surface area contributed by atoms with Crippen LogP contribution < -0.4 is 4.90 Å². The van der Waals surface area contributed by atoms with E-state index in [9.17, 15) is 9.59 Å². The summed E-state index contributed by atoms with van der Waals surface area (Å²) < 4.78 is 0. The Balaban J connectivity index is 1.80. The van der Waals surface area contributed by atoms with Gasteiger partial charge in [0.1, 0.15) is 6.54 Å². The molecular weight excluding hydrogens is 264 g/mol. The van der Waals surface area contributed by atoms with Crippen LogP contribution in [0.3, 0.4) is 0 Å². The Morgan fingerprint density at radius 2 is 1.62 bits per heavy atom. The smallest absolute Gasteiger partial charge is 0.310 e. The zero-order valence-electron chi connectivity index (χ0n) is 11.8. The minimum absolute atomic E-state index is 0.127. The second kappa shape index (κ2) is 5.40. The molecule has 2 aromatic rings. The van der Waals surface area contributed by atoms with Crippen LogP contribution in [0, 0.1) is 6.92 Å². The fraction of sp³-hybridized carbons (Fsp3) is 0.176. The monoisotopic (exact) mass is 280 g/mol. The molecule has 0 aliphatic carbocycles. The Labute approximate surface area is 123 Å². The Morgan fingerprint density at radius 1 is 0.952 bits per heavy atom. The van der Waals surface area contributed by atoms with Crippen molar-refractivity contribution in [3.63, 3.8) is 0 Å². The van der Waals surface area contributed by atoms with Gasteiger partial charge in [-0.2, -0.15) is 0 Å². The summed E-state index contributed by atoms with van der Waals surface area (Å²) in [5.74, 6) is -0.181. The van der Waals surface area contributed by atoms with Gasteiger partial charge in [-0.25, -0.2) is 9.69 Å². The number of anilines is 1. The lowest BCUT2D eigenvalue weighted by molar-refractivity contribution is -0.116. The summed E-state index contributed by atoms with van der Waals surface area (Å²) >= 11 is 0. The Morgan fingerprint density at radius 3 is 2.29 bits per heavy atom. The summed E-state index contributed by atoms with van der Waals surface area (Å²) in [5, 5.41) is 0. The predicted octanol–water partition coefficient (Wildman–Crippen LogP) is 2.96. The van der Waals surface area contributed by atoms with Crippen molar-refractivity contribution in [1.29, 1.82) is 0 Å². The summed E-state index contributed by atoms with van der Waals surface area (Å²) in [6.45, 7) is 2.55. The summed E-state index contributed by atoms with van der Waals surface area (Å²) in [4.78, 5) is 27.4. The molecule has 0 atom stereocenters. The molecule has 0 saturated carbocycles. The number of benzene rings is 2. The summed E-state index contributed by atoms with van der Waals surface area (Å²) in [5.41, 5.74) is 2.74. The van der Waals surface area contributed by atoms with Gasteiger partial charge in [0.2, 0.25) is 0 Å². The van der Waals surface area contributed by atoms with Crippen molar-refractivity contribution in [3.8, 4) is 0 Å². The maximum Gasteiger partial charge on any atom is 0.332 e. The highest BCUT2D eigenvalue weighted by atomic mass is 16.2. The summed E-state index contributed by atoms with van der Waals surface area (Å²) in [6, 6.07) is 16.8. The topological polar surface area (TPSA) is 40.6 Å². The van der Waals surface area contributed by atoms with E-state index in [1.54, 1.807) is 17.0 Å². The molecule has 3 amide bonds. The molecule has 0 bridgehead atoms. The zero-order valence-corrected chi connectivity index (χ0v) is 11.8. The molecule has 4 nitrogen and oxygen atoms in total. The molecule has 106 valence electrons. The van der Waals surface area contributed by atoms with Crippen molar-refractivity contribution in [2.24, 2.45) is 0 Å². The Hall–Kier alpha value is -2.62. The maximum atomic E-state index is 12.4. The average Bonchev–Trinajstić information content (AvgIpc) is 2.76. The Kier molecular flexibility index (Phi) is 3.44. The van der Waals surface area contributed by atoms with Gasteiger partial charge in [0, 0.05) is 6.54 Å². The first kappa shape index (κ1) is 13.4. The lowest BCUT2D eigenvalue weighted by Gasteiger charge is -2.17. The molecule has 0 aromatic heterocycles. The third-order valence-electron chi connectivity index (χ3n) is 3.55. The second-order valence-corrected chi connectivity index (χ2v) is 5.19. The molecule has 1 saturated heterocycles. The van der Waals surface area contributed by atoms with Crippen molar-refractivity contribution < 1.29 is 9.59 Å². The summed E-state index contributed by atoms with van der Waals surface area (Å²) in [6.07, 6.45) is 0. The van der Waals surface area contributed by atoms with Gasteiger partial charge in [0.05, 0.1) is 5.69 Å². The molecule has 2 aromatic carbocycles. The maximum absolute atomic E-state index is 12.4. The summed E-state index contributed by atoms with van der Waals surface area (Å²) in [7, 11) is 0. The van der Waals surface area contributed by atoms with Crippen LogP contribution in [0.15, 0.2) is 54.6 Å². The fourth-order valence-electron chi connectivity index (χ4n) is 2.43. The SMILES string of the molecule is Cc1ccc(N2C(=O)CN(Cc3ccccc3)C2=O)cc1. The molecule has 1 heterocycles. The highest BCUT2D eigenvalue weighted by Crippen LogP contribution is 2.23. The highest BCUT2D eigenvalue weighted by Gasteiger charge is 2.36. The first-order valence-electron chi connectivity index (χ1n) is 6.87. The molecule has 1 fully saturated rings. The van der Waals surface area contributed by atoms with E-state index in [-0.39, 0.29) is 18.5 Å². The minimum Gasteiger partial charge on any atom is -0.310 e. The van der Waals surface area contributed by atoms with E-state index in [1.165, 1.54) is 4.90 Å². The first-order valence-corrected chi connectivity index (χ1v) is 6.87. The van der Waals surface area contributed by atoms with Gasteiger partial charge in [-0.3, -0.25) is 4.79 Å². The van der Waals surface area contributed by atoms with Gasteiger partial charge in [-0.15, -0.1) is 0 Å². The average molecular weight is 280 g/mol. The van der Waals surface area contributed by atoms with E-state index in [1.807, 2.05) is 49.4 Å². The van der Waals surface area contributed by atoms with Gasteiger partial charge in [0.25, 0.3) is 5.91 Å². The van der Waals surface area contributed by atoms with Gasteiger partial charge >= 0.3 is 6.03 Å². The van der Waals surface area contributed by atoms with Gasteiger partial charge < -0.3 is 4.90 Å². The van der Waals surface area contributed by atoms with Crippen LogP contribution in [0.5, 0.6) is 0 Å². The number of carbonyl (C=O) groups is 2. The highest BCUT2D eigenvalue weighted by molar-refractivity contribution is 6.19. The third-order valence-corrected chi connectivity index (χ3v) is 3.55. The molecule has 3 rings (SSSR count). The van der Waals surface area contributed by atoms with E-state index < -0.39 is 0 Å². The predicted molar refractivity (Wildman–Crippen MR) is 80.9 cm³/mol. The fourth-order valence-corrected chi connectivity index (χ4v) is 2.43. The van der Waals surface area contributed by atoms with E-state index >= 15 is 0 Å². The molecule has 0 radical (unpaired) electrons. The lowest BCUT2D eigenvalue weighted by Crippen LogP contribution is -2.32. The normalized spacial score (nSPS) is 14.9. The van der Waals surface area contributed by atoms with Crippen LogP contribution in [-0.2, 0) is 11.3 Å². The zero-order chi connectivity index (χ0) is 14.8. The number of carbonyl (C=O) groups excluding carboxylic acids is 2. The number of hydrogen-bond acceptors (Lipinski definition) is 2. The van der Waals surface area contributed by atoms with Crippen LogP contribution in [0.4, 0.5) is 10.5 Å². The Bertz CT molecular complexity index is 665. The molecule has 1 aliphatic heterocycles. The van der Waals surface area contributed by atoms with Crippen molar-refractivity contribution in [1.82, 2.24) is 4.90 Å². The molecule has 21 heavy (non-hydrogen) atoms. The largest absolute Gasteiger partial charge is 0.332 e. The van der Waals surface area contributed by atoms with E-state index in [0.29, 0.717) is 12.2 Å². The van der Waals surface area contributed by atoms with Crippen molar-refractivity contribution in [2.45, 2.75) is 13.5 Å². The van der Waals surface area contributed by atoms with Crippen LogP contribution in [-0.4, -0.2) is 23.4 Å². The molecule has 0 unspecified atom stereocenters. The number of imide groups is 1. The van der Waals surface area contributed by atoms with Crippen molar-refractivity contribution in [2.75, 3.05) is 11.4 Å². The molecule has 0 spiro atoms. The third kappa shape index (κ3) is 2.65. The van der Waals surface area contributed by atoms with E-state index in [0.717, 1.165) is 11.1 Å². The van der Waals surface area contributed by atoms with Crippen LogP contribution in [0.2, 0.25) is 0 Å². The van der Waals surface area contributed by atoms with E-state index in [2.05, 4.69) is 0 Å². The lowest BCUT2D eigenvalue weighted by atomic mass is 10.2. The molecule has 0 N–H and O–H groups in total. The number of aryl methyl sites for hydroxylation is 1. The first-order chi connectivity index (χ1) is 10.1. The second-order valence-electron chi connectivity index (χ2n) is 5.19. The number of amides is 3. The van der Waals surface area contributed by atoms with Crippen molar-refractivity contribution >= 4 is 17.6 Å². The van der Waals surface area contributed by atoms with Gasteiger partial charge in [0.15, 0.2) is 0 Å². The molecule has 1 aliphatic rings. The van der Waals surface area contributed by atoms with Gasteiger partial charge in [-0.1, -0.05) is 48.0 Å². The number of urea groups is 1. The molecule has 4 heteroatoms.